The Morgan fingerprint density at radius 3 is 2.80 bits per heavy atom. The van der Waals surface area contributed by atoms with E-state index in [-0.39, 0.29) is 37.2 Å². The summed E-state index contributed by atoms with van der Waals surface area (Å²) < 4.78 is 11.9. The highest BCUT2D eigenvalue weighted by Crippen LogP contribution is 2.33. The summed E-state index contributed by atoms with van der Waals surface area (Å²) in [7, 11) is 1.92. The number of carbonyl (C=O) groups excluding carboxylic acids is 1. The Labute approximate surface area is 208 Å². The molecule has 0 radical (unpaired) electrons. The van der Waals surface area contributed by atoms with Gasteiger partial charge in [-0.15, -0.1) is 0 Å². The molecule has 0 aromatic heterocycles. The lowest BCUT2D eigenvalue weighted by molar-refractivity contribution is -0.00853. The predicted molar refractivity (Wildman–Crippen MR) is 134 cm³/mol. The Bertz CT molecular complexity index is 757. The van der Waals surface area contributed by atoms with Crippen LogP contribution in [0.2, 0.25) is 0 Å². The Morgan fingerprint density at radius 2 is 2.03 bits per heavy atom. The number of nitrogens with zero attached hydrogens (tertiary/aromatic N) is 1. The summed E-state index contributed by atoms with van der Waals surface area (Å²) in [6.45, 7) is 4.18. The van der Waals surface area contributed by atoms with Gasteiger partial charge in [-0.2, -0.15) is 0 Å². The summed E-state index contributed by atoms with van der Waals surface area (Å²) in [4.78, 5) is 26.0. The molecule has 0 bridgehead atoms. The number of likely N-dealkylation sites (tertiary alicyclic amines) is 1. The quantitative estimate of drug-likeness (QED) is 0.355. The van der Waals surface area contributed by atoms with E-state index in [1.165, 1.54) is 6.42 Å². The summed E-state index contributed by atoms with van der Waals surface area (Å²) in [6, 6.07) is 10.0. The van der Waals surface area contributed by atoms with Crippen LogP contribution in [-0.2, 0) is 9.47 Å². The van der Waals surface area contributed by atoms with Crippen LogP contribution in [-0.4, -0.2) is 81.2 Å². The van der Waals surface area contributed by atoms with E-state index in [2.05, 4.69) is 16.0 Å². The zero-order valence-electron chi connectivity index (χ0n) is 20.9. The second-order valence-corrected chi connectivity index (χ2v) is 9.66. The van der Waals surface area contributed by atoms with Crippen molar-refractivity contribution >= 4 is 12.1 Å². The molecule has 2 aliphatic heterocycles. The minimum atomic E-state index is -1.06. The van der Waals surface area contributed by atoms with E-state index >= 15 is 0 Å². The molecule has 1 aromatic carbocycles. The number of piperidine rings is 1. The van der Waals surface area contributed by atoms with Crippen LogP contribution in [0.5, 0.6) is 0 Å². The van der Waals surface area contributed by atoms with Crippen molar-refractivity contribution in [2.75, 3.05) is 53.0 Å². The summed E-state index contributed by atoms with van der Waals surface area (Å²) in [5.74, 6) is 0.611. The lowest BCUT2D eigenvalue weighted by Crippen LogP contribution is -2.52. The molecule has 0 aliphatic carbocycles. The number of carbonyl (C=O) groups is 2. The first kappa shape index (κ1) is 27.2. The highest BCUT2D eigenvalue weighted by molar-refractivity contribution is 5.74. The first-order valence-electron chi connectivity index (χ1n) is 13.0. The molecule has 0 saturated carbocycles. The van der Waals surface area contributed by atoms with Crippen molar-refractivity contribution in [1.82, 2.24) is 20.9 Å². The predicted octanol–water partition coefficient (Wildman–Crippen LogP) is 3.23. The third-order valence-corrected chi connectivity index (χ3v) is 6.88. The molecule has 0 spiro atoms. The number of likely N-dealkylation sites (N-methyl/N-ethyl adjacent to an activating group) is 1. The van der Waals surface area contributed by atoms with Gasteiger partial charge in [-0.3, -0.25) is 0 Å². The van der Waals surface area contributed by atoms with Crippen molar-refractivity contribution < 1.29 is 24.2 Å². The summed E-state index contributed by atoms with van der Waals surface area (Å²) in [5, 5.41) is 17.7. The van der Waals surface area contributed by atoms with Crippen LogP contribution in [0.1, 0.15) is 50.2 Å². The zero-order chi connectivity index (χ0) is 24.9. The molecule has 4 atom stereocenters. The number of hydrogen-bond donors (Lipinski definition) is 4. The molecule has 9 nitrogen and oxygen atoms in total. The van der Waals surface area contributed by atoms with Crippen molar-refractivity contribution in [3.63, 3.8) is 0 Å². The maximum atomic E-state index is 13.3. The van der Waals surface area contributed by atoms with Crippen LogP contribution in [0.3, 0.4) is 0 Å². The number of ether oxygens (including phenoxy) is 2. The van der Waals surface area contributed by atoms with Gasteiger partial charge in [0.05, 0.1) is 12.7 Å². The number of urea groups is 1. The Morgan fingerprint density at radius 1 is 1.20 bits per heavy atom. The fourth-order valence-electron chi connectivity index (χ4n) is 5.20. The van der Waals surface area contributed by atoms with Crippen LogP contribution < -0.4 is 16.0 Å². The van der Waals surface area contributed by atoms with E-state index in [1.807, 2.05) is 42.3 Å². The molecule has 2 heterocycles. The van der Waals surface area contributed by atoms with E-state index in [0.29, 0.717) is 12.5 Å². The first-order chi connectivity index (χ1) is 17.1. The third-order valence-electron chi connectivity index (χ3n) is 6.88. The van der Waals surface area contributed by atoms with Gasteiger partial charge in [0.15, 0.2) is 0 Å². The van der Waals surface area contributed by atoms with Gasteiger partial charge < -0.3 is 35.4 Å². The average Bonchev–Trinajstić information content (AvgIpc) is 3.13. The van der Waals surface area contributed by atoms with Gasteiger partial charge >= 0.3 is 12.1 Å². The molecule has 0 unspecified atom stereocenters. The number of nitrogens with one attached hydrogen (secondary N) is 3. The fraction of sp³-hybridized carbons (Fsp3) is 0.692. The van der Waals surface area contributed by atoms with Crippen LogP contribution in [0.25, 0.3) is 0 Å². The van der Waals surface area contributed by atoms with Gasteiger partial charge in [-0.25, -0.2) is 9.59 Å². The molecule has 2 aliphatic rings. The molecular formula is C26H42N4O5. The summed E-state index contributed by atoms with van der Waals surface area (Å²) >= 11 is 0. The van der Waals surface area contributed by atoms with E-state index in [4.69, 9.17) is 14.6 Å². The molecule has 35 heavy (non-hydrogen) atoms. The SMILES string of the molecule is CNC[C@H](C[C@H]1CCCCOC1)NC(=O)N1CCC[C@@H]([C@@H](OCCNC(=O)O)c2ccccc2)C1. The highest BCUT2D eigenvalue weighted by Gasteiger charge is 2.32. The monoisotopic (exact) mass is 490 g/mol. The molecule has 2 saturated heterocycles. The van der Waals surface area contributed by atoms with Crippen LogP contribution >= 0.6 is 0 Å². The summed E-state index contributed by atoms with van der Waals surface area (Å²) in [6.07, 6.45) is 4.97. The highest BCUT2D eigenvalue weighted by atomic mass is 16.5. The largest absolute Gasteiger partial charge is 0.465 e. The van der Waals surface area contributed by atoms with Gasteiger partial charge in [-0.1, -0.05) is 36.8 Å². The molecule has 2 fully saturated rings. The van der Waals surface area contributed by atoms with E-state index in [9.17, 15) is 9.59 Å². The van der Waals surface area contributed by atoms with Gasteiger partial charge in [0.25, 0.3) is 0 Å². The van der Waals surface area contributed by atoms with Crippen LogP contribution in [0.15, 0.2) is 30.3 Å². The van der Waals surface area contributed by atoms with Crippen molar-refractivity contribution in [3.05, 3.63) is 35.9 Å². The van der Waals surface area contributed by atoms with Gasteiger partial charge in [-0.05, 0) is 50.6 Å². The van der Waals surface area contributed by atoms with Crippen molar-refractivity contribution in [2.24, 2.45) is 11.8 Å². The average molecular weight is 491 g/mol. The standard InChI is InChI=1S/C26H42N4O5/c1-27-17-23(16-20-8-5-6-14-34-19-20)29-25(31)30-13-7-11-22(18-30)24(21-9-3-2-4-10-21)35-15-12-28-26(32)33/h2-4,9-10,20,22-24,27-28H,5-8,11-19H2,1H3,(H,29,31)(H,32,33)/t20-,22-,23+,24+/m1/s1. The van der Waals surface area contributed by atoms with Crippen LogP contribution in [0.4, 0.5) is 9.59 Å². The number of rotatable bonds is 11. The molecule has 3 rings (SSSR count). The first-order valence-corrected chi connectivity index (χ1v) is 13.0. The number of hydrogen-bond acceptors (Lipinski definition) is 5. The van der Waals surface area contributed by atoms with E-state index in [0.717, 1.165) is 64.0 Å². The molecule has 4 N–H and O–H groups in total. The minimum absolute atomic E-state index is 0.0242. The van der Waals surface area contributed by atoms with Crippen molar-refractivity contribution in [3.8, 4) is 0 Å². The van der Waals surface area contributed by atoms with Gasteiger partial charge in [0, 0.05) is 51.4 Å². The minimum Gasteiger partial charge on any atom is -0.465 e. The molecule has 3 amide bonds. The Balaban J connectivity index is 1.59. The van der Waals surface area contributed by atoms with E-state index < -0.39 is 6.09 Å². The number of benzene rings is 1. The number of amides is 3. The molecular weight excluding hydrogens is 448 g/mol. The topological polar surface area (TPSA) is 112 Å². The lowest BCUT2D eigenvalue weighted by atomic mass is 9.88. The smallest absolute Gasteiger partial charge is 0.404 e. The lowest BCUT2D eigenvalue weighted by Gasteiger charge is -2.38. The number of carboxylic acid groups (broad SMARTS) is 1. The van der Waals surface area contributed by atoms with E-state index in [1.54, 1.807) is 0 Å². The Hall–Kier alpha value is -2.36. The fourth-order valence-corrected chi connectivity index (χ4v) is 5.20. The Kier molecular flexibility index (Phi) is 11.6. The second kappa shape index (κ2) is 14.9. The molecule has 196 valence electrons. The molecule has 9 heteroatoms. The maximum absolute atomic E-state index is 13.3. The third kappa shape index (κ3) is 9.31. The zero-order valence-corrected chi connectivity index (χ0v) is 20.9. The van der Waals surface area contributed by atoms with Crippen molar-refractivity contribution in [1.29, 1.82) is 0 Å². The van der Waals surface area contributed by atoms with Gasteiger partial charge in [0.2, 0.25) is 0 Å². The van der Waals surface area contributed by atoms with Crippen LogP contribution in [0, 0.1) is 11.8 Å². The van der Waals surface area contributed by atoms with Gasteiger partial charge in [0.1, 0.15) is 0 Å². The normalized spacial score (nSPS) is 22.6. The maximum Gasteiger partial charge on any atom is 0.404 e. The molecule has 1 aromatic rings. The summed E-state index contributed by atoms with van der Waals surface area (Å²) in [5.41, 5.74) is 1.05. The second-order valence-electron chi connectivity index (χ2n) is 9.66. The van der Waals surface area contributed by atoms with Crippen molar-refractivity contribution in [2.45, 2.75) is 50.7 Å².